The lowest BCUT2D eigenvalue weighted by Crippen LogP contribution is -2.10. The summed E-state index contributed by atoms with van der Waals surface area (Å²) in [6.45, 7) is -0.235. The first-order valence-electron chi connectivity index (χ1n) is 5.17. The molecule has 0 aliphatic heterocycles. The van der Waals surface area contributed by atoms with E-state index < -0.39 is 15.8 Å². The molecular weight excluding hydrogens is 260 g/mol. The molecule has 0 aliphatic rings. The summed E-state index contributed by atoms with van der Waals surface area (Å²) in [5.41, 5.74) is -0.206. The number of aliphatic hydroxyl groups excluding tert-OH is 1. The standard InChI is InChI=1S/C11H14O6S/c1-17-10-4-3-8(7-9(10)11(13)14)18(15,16)6-2-5-12/h3-4,7,12H,2,5-6H2,1H3,(H,13,14). The molecule has 0 aliphatic carbocycles. The van der Waals surface area contributed by atoms with E-state index in [0.29, 0.717) is 0 Å². The van der Waals surface area contributed by atoms with Crippen LogP contribution in [0.3, 0.4) is 0 Å². The number of carbonyl (C=O) groups is 1. The van der Waals surface area contributed by atoms with E-state index in [1.54, 1.807) is 0 Å². The topological polar surface area (TPSA) is 101 Å². The highest BCUT2D eigenvalue weighted by atomic mass is 32.2. The molecule has 1 rings (SSSR count). The van der Waals surface area contributed by atoms with Gasteiger partial charge in [-0.05, 0) is 24.6 Å². The third kappa shape index (κ3) is 3.21. The summed E-state index contributed by atoms with van der Waals surface area (Å²) in [4.78, 5) is 10.9. The van der Waals surface area contributed by atoms with Crippen molar-refractivity contribution in [2.24, 2.45) is 0 Å². The van der Waals surface area contributed by atoms with Gasteiger partial charge >= 0.3 is 5.97 Å². The second-order valence-electron chi connectivity index (χ2n) is 3.56. The van der Waals surface area contributed by atoms with Crippen molar-refractivity contribution in [1.29, 1.82) is 0 Å². The van der Waals surface area contributed by atoms with Gasteiger partial charge in [0.1, 0.15) is 11.3 Å². The predicted molar refractivity (Wildman–Crippen MR) is 63.7 cm³/mol. The zero-order chi connectivity index (χ0) is 13.8. The van der Waals surface area contributed by atoms with Gasteiger partial charge < -0.3 is 14.9 Å². The molecule has 100 valence electrons. The predicted octanol–water partition coefficient (Wildman–Crippen LogP) is 0.549. The largest absolute Gasteiger partial charge is 0.496 e. The number of carboxylic acids is 1. The van der Waals surface area contributed by atoms with Crippen molar-refractivity contribution in [1.82, 2.24) is 0 Å². The minimum atomic E-state index is -3.58. The van der Waals surface area contributed by atoms with Crippen LogP contribution < -0.4 is 4.74 Å². The number of rotatable bonds is 6. The Labute approximate surface area is 105 Å². The van der Waals surface area contributed by atoms with Gasteiger partial charge in [-0.1, -0.05) is 0 Å². The summed E-state index contributed by atoms with van der Waals surface area (Å²) in [6, 6.07) is 3.65. The Morgan fingerprint density at radius 1 is 1.39 bits per heavy atom. The summed E-state index contributed by atoms with van der Waals surface area (Å²) >= 11 is 0. The number of hydrogen-bond acceptors (Lipinski definition) is 5. The van der Waals surface area contributed by atoms with Gasteiger partial charge in [-0.15, -0.1) is 0 Å². The molecular formula is C11H14O6S. The van der Waals surface area contributed by atoms with Crippen LogP contribution in [0.1, 0.15) is 16.8 Å². The van der Waals surface area contributed by atoms with E-state index in [4.69, 9.17) is 14.9 Å². The summed E-state index contributed by atoms with van der Waals surface area (Å²) in [6.07, 6.45) is 0.108. The Kier molecular flexibility index (Phi) is 4.69. The number of hydrogen-bond donors (Lipinski definition) is 2. The van der Waals surface area contributed by atoms with Crippen molar-refractivity contribution in [3.8, 4) is 5.75 Å². The molecule has 7 heteroatoms. The molecule has 6 nitrogen and oxygen atoms in total. The third-order valence-corrected chi connectivity index (χ3v) is 4.13. The van der Waals surface area contributed by atoms with E-state index in [1.807, 2.05) is 0 Å². The fourth-order valence-corrected chi connectivity index (χ4v) is 2.74. The lowest BCUT2D eigenvalue weighted by molar-refractivity contribution is 0.0693. The van der Waals surface area contributed by atoms with E-state index in [9.17, 15) is 13.2 Å². The smallest absolute Gasteiger partial charge is 0.339 e. The fraction of sp³-hybridized carbons (Fsp3) is 0.364. The van der Waals surface area contributed by atoms with Crippen molar-refractivity contribution in [3.63, 3.8) is 0 Å². The number of methoxy groups -OCH3 is 1. The average molecular weight is 274 g/mol. The number of ether oxygens (including phenoxy) is 1. The monoisotopic (exact) mass is 274 g/mol. The van der Waals surface area contributed by atoms with Crippen LogP contribution >= 0.6 is 0 Å². The zero-order valence-electron chi connectivity index (χ0n) is 9.79. The lowest BCUT2D eigenvalue weighted by Gasteiger charge is -2.08. The Hall–Kier alpha value is -1.60. The minimum Gasteiger partial charge on any atom is -0.496 e. The van der Waals surface area contributed by atoms with E-state index in [2.05, 4.69) is 0 Å². The van der Waals surface area contributed by atoms with E-state index >= 15 is 0 Å². The molecule has 0 spiro atoms. The highest BCUT2D eigenvalue weighted by Crippen LogP contribution is 2.23. The van der Waals surface area contributed by atoms with E-state index in [0.717, 1.165) is 6.07 Å². The van der Waals surface area contributed by atoms with Crippen molar-refractivity contribution in [2.45, 2.75) is 11.3 Å². The molecule has 0 atom stereocenters. The molecule has 0 aromatic heterocycles. The molecule has 0 amide bonds. The number of aliphatic hydroxyl groups is 1. The van der Waals surface area contributed by atoms with Crippen LogP contribution in [0.4, 0.5) is 0 Å². The molecule has 2 N–H and O–H groups in total. The molecule has 0 saturated heterocycles. The van der Waals surface area contributed by atoms with Crippen molar-refractivity contribution in [2.75, 3.05) is 19.5 Å². The van der Waals surface area contributed by atoms with Gasteiger partial charge in [0.2, 0.25) is 0 Å². The first-order chi connectivity index (χ1) is 8.42. The van der Waals surface area contributed by atoms with Crippen LogP contribution in [-0.4, -0.2) is 44.1 Å². The highest BCUT2D eigenvalue weighted by molar-refractivity contribution is 7.91. The van der Waals surface area contributed by atoms with Gasteiger partial charge in [0.15, 0.2) is 9.84 Å². The summed E-state index contributed by atoms with van der Waals surface area (Å²) < 4.78 is 28.5. The van der Waals surface area contributed by atoms with Gasteiger partial charge in [0.05, 0.1) is 17.8 Å². The van der Waals surface area contributed by atoms with Crippen LogP contribution in [0, 0.1) is 0 Å². The third-order valence-electron chi connectivity index (χ3n) is 2.33. The molecule has 1 aromatic carbocycles. The van der Waals surface area contributed by atoms with Crippen LogP contribution in [-0.2, 0) is 9.84 Å². The summed E-state index contributed by atoms with van der Waals surface area (Å²) in [5, 5.41) is 17.6. The molecule has 0 unspecified atom stereocenters. The van der Waals surface area contributed by atoms with Gasteiger partial charge in [0.25, 0.3) is 0 Å². The number of benzene rings is 1. The molecule has 1 aromatic rings. The van der Waals surface area contributed by atoms with E-state index in [-0.39, 0.29) is 35.0 Å². The second kappa shape index (κ2) is 5.83. The molecule has 0 saturated carbocycles. The first kappa shape index (κ1) is 14.5. The SMILES string of the molecule is COc1ccc(S(=O)(=O)CCCO)cc1C(=O)O. The maximum atomic E-state index is 11.8. The minimum absolute atomic E-state index is 0.0887. The van der Waals surface area contributed by atoms with Crippen LogP contribution in [0.2, 0.25) is 0 Å². The van der Waals surface area contributed by atoms with Crippen molar-refractivity contribution >= 4 is 15.8 Å². The average Bonchev–Trinajstić information content (AvgIpc) is 2.35. The quantitative estimate of drug-likeness (QED) is 0.785. The Morgan fingerprint density at radius 2 is 2.06 bits per heavy atom. The first-order valence-corrected chi connectivity index (χ1v) is 6.82. The normalized spacial score (nSPS) is 11.2. The van der Waals surface area contributed by atoms with Gasteiger partial charge in [-0.3, -0.25) is 0 Å². The molecule has 0 heterocycles. The van der Waals surface area contributed by atoms with Crippen LogP contribution in [0.15, 0.2) is 23.1 Å². The molecule has 18 heavy (non-hydrogen) atoms. The molecule has 0 bridgehead atoms. The van der Waals surface area contributed by atoms with Gasteiger partial charge in [-0.25, -0.2) is 13.2 Å². The van der Waals surface area contributed by atoms with Crippen LogP contribution in [0.5, 0.6) is 5.75 Å². The Bertz CT molecular complexity index is 534. The Balaban J connectivity index is 3.20. The molecule has 0 fully saturated rings. The number of sulfone groups is 1. The maximum Gasteiger partial charge on any atom is 0.339 e. The zero-order valence-corrected chi connectivity index (χ0v) is 10.6. The highest BCUT2D eigenvalue weighted by Gasteiger charge is 2.19. The maximum absolute atomic E-state index is 11.8. The number of aromatic carboxylic acids is 1. The van der Waals surface area contributed by atoms with Crippen molar-refractivity contribution < 1.29 is 28.2 Å². The lowest BCUT2D eigenvalue weighted by atomic mass is 10.2. The Morgan fingerprint density at radius 3 is 2.56 bits per heavy atom. The number of carboxylic acid groups (broad SMARTS) is 1. The molecule has 0 radical (unpaired) electrons. The summed E-state index contributed by atoms with van der Waals surface area (Å²) in [7, 11) is -2.28. The van der Waals surface area contributed by atoms with Gasteiger partial charge in [0, 0.05) is 6.61 Å². The van der Waals surface area contributed by atoms with E-state index in [1.165, 1.54) is 19.2 Å². The second-order valence-corrected chi connectivity index (χ2v) is 5.67. The summed E-state index contributed by atoms with van der Waals surface area (Å²) in [5.74, 6) is -1.39. The van der Waals surface area contributed by atoms with Crippen molar-refractivity contribution in [3.05, 3.63) is 23.8 Å². The van der Waals surface area contributed by atoms with Crippen LogP contribution in [0.25, 0.3) is 0 Å². The van der Waals surface area contributed by atoms with Gasteiger partial charge in [-0.2, -0.15) is 0 Å². The fourth-order valence-electron chi connectivity index (χ4n) is 1.42.